The van der Waals surface area contributed by atoms with E-state index in [2.05, 4.69) is 31.0 Å². The van der Waals surface area contributed by atoms with Crippen LogP contribution in [-0.2, 0) is 16.6 Å². The fraction of sp³-hybridized carbons (Fsp3) is 0.308. The lowest BCUT2D eigenvalue weighted by atomic mass is 10.4. The molecular weight excluding hydrogens is 358 g/mol. The molecule has 2 rings (SSSR count). The Labute approximate surface area is 132 Å². The van der Waals surface area contributed by atoms with Crippen LogP contribution in [0.5, 0.6) is 0 Å². The van der Waals surface area contributed by atoms with Gasteiger partial charge in [0.05, 0.1) is 12.5 Å². The molecule has 8 heteroatoms. The lowest BCUT2D eigenvalue weighted by molar-refractivity contribution is 0.561. The van der Waals surface area contributed by atoms with Crippen LogP contribution in [0.1, 0.15) is 18.9 Å². The van der Waals surface area contributed by atoms with Crippen LogP contribution < -0.4 is 10.0 Å². The number of halogens is 1. The van der Waals surface area contributed by atoms with Gasteiger partial charge in [-0.1, -0.05) is 6.92 Å². The van der Waals surface area contributed by atoms with Gasteiger partial charge in [0.1, 0.15) is 10.7 Å². The highest BCUT2D eigenvalue weighted by atomic mass is 79.9. The highest BCUT2D eigenvalue weighted by Gasteiger charge is 2.20. The van der Waals surface area contributed by atoms with Crippen LogP contribution in [0.4, 0.5) is 5.82 Å². The number of aromatic nitrogens is 1. The number of furan rings is 1. The van der Waals surface area contributed by atoms with E-state index in [1.807, 2.05) is 6.92 Å². The van der Waals surface area contributed by atoms with Gasteiger partial charge in [-0.05, 0) is 34.5 Å². The second kappa shape index (κ2) is 7.06. The van der Waals surface area contributed by atoms with Crippen LogP contribution in [0.25, 0.3) is 0 Å². The molecule has 0 saturated heterocycles. The highest BCUT2D eigenvalue weighted by Crippen LogP contribution is 2.23. The average molecular weight is 374 g/mol. The van der Waals surface area contributed by atoms with Crippen molar-refractivity contribution in [3.8, 4) is 0 Å². The Morgan fingerprint density at radius 2 is 2.24 bits per heavy atom. The molecule has 0 atom stereocenters. The Kier molecular flexibility index (Phi) is 5.38. The summed E-state index contributed by atoms with van der Waals surface area (Å²) in [5, 5.41) is 3.02. The lowest BCUT2D eigenvalue weighted by Crippen LogP contribution is -2.24. The quantitative estimate of drug-likeness (QED) is 0.779. The van der Waals surface area contributed by atoms with E-state index in [9.17, 15) is 8.42 Å². The largest absolute Gasteiger partial charge is 0.472 e. The summed E-state index contributed by atoms with van der Waals surface area (Å²) in [5.74, 6) is 0.347. The number of nitrogens with one attached hydrogen (secondary N) is 2. The van der Waals surface area contributed by atoms with Crippen molar-refractivity contribution in [2.75, 3.05) is 11.9 Å². The molecule has 21 heavy (non-hydrogen) atoms. The van der Waals surface area contributed by atoms with Crippen molar-refractivity contribution in [2.45, 2.75) is 24.8 Å². The molecular formula is C13H16BrN3O3S. The van der Waals surface area contributed by atoms with E-state index in [0.717, 1.165) is 12.0 Å². The van der Waals surface area contributed by atoms with Crippen molar-refractivity contribution in [3.05, 3.63) is 40.9 Å². The molecule has 2 heterocycles. The highest BCUT2D eigenvalue weighted by molar-refractivity contribution is 9.10. The van der Waals surface area contributed by atoms with Gasteiger partial charge < -0.3 is 9.73 Å². The van der Waals surface area contributed by atoms with Gasteiger partial charge in [0.2, 0.25) is 10.0 Å². The molecule has 0 aromatic carbocycles. The van der Waals surface area contributed by atoms with Gasteiger partial charge in [0.15, 0.2) is 0 Å². The molecule has 0 saturated carbocycles. The molecule has 2 aromatic heterocycles. The molecule has 0 aliphatic heterocycles. The van der Waals surface area contributed by atoms with Crippen LogP contribution in [-0.4, -0.2) is 19.9 Å². The smallest absolute Gasteiger partial charge is 0.244 e. The third-order valence-electron chi connectivity index (χ3n) is 2.70. The Hall–Kier alpha value is -1.38. The maximum atomic E-state index is 12.4. The van der Waals surface area contributed by atoms with E-state index in [1.54, 1.807) is 12.3 Å². The van der Waals surface area contributed by atoms with Crippen molar-refractivity contribution in [2.24, 2.45) is 0 Å². The Bertz CT molecular complexity index is 687. The SMILES string of the molecule is CCCNc1ncc(Br)cc1S(=O)(=O)NCc1ccoc1. The zero-order valence-corrected chi connectivity index (χ0v) is 13.9. The van der Waals surface area contributed by atoms with Crippen LogP contribution in [0.2, 0.25) is 0 Å². The zero-order chi connectivity index (χ0) is 15.3. The van der Waals surface area contributed by atoms with E-state index in [0.29, 0.717) is 16.8 Å². The first-order chi connectivity index (χ1) is 10.0. The summed E-state index contributed by atoms with van der Waals surface area (Å²) < 4.78 is 32.9. The van der Waals surface area contributed by atoms with Crippen LogP contribution in [0, 0.1) is 0 Å². The van der Waals surface area contributed by atoms with E-state index in [4.69, 9.17) is 4.42 Å². The van der Waals surface area contributed by atoms with Gasteiger partial charge in [0, 0.05) is 29.3 Å². The third-order valence-corrected chi connectivity index (χ3v) is 4.55. The topological polar surface area (TPSA) is 84.2 Å². The lowest BCUT2D eigenvalue weighted by Gasteiger charge is -2.12. The Morgan fingerprint density at radius 3 is 2.90 bits per heavy atom. The van der Waals surface area contributed by atoms with Gasteiger partial charge in [-0.2, -0.15) is 0 Å². The van der Waals surface area contributed by atoms with Crippen molar-refractivity contribution in [1.82, 2.24) is 9.71 Å². The first kappa shape index (κ1) is 16.0. The van der Waals surface area contributed by atoms with Crippen LogP contribution >= 0.6 is 15.9 Å². The predicted molar refractivity (Wildman–Crippen MR) is 83.5 cm³/mol. The monoisotopic (exact) mass is 373 g/mol. The molecule has 0 aliphatic carbocycles. The van der Waals surface area contributed by atoms with Crippen molar-refractivity contribution >= 4 is 31.8 Å². The number of hydrogen-bond acceptors (Lipinski definition) is 5. The van der Waals surface area contributed by atoms with E-state index < -0.39 is 10.0 Å². The van der Waals surface area contributed by atoms with E-state index in [1.165, 1.54) is 18.6 Å². The summed E-state index contributed by atoms with van der Waals surface area (Å²) in [4.78, 5) is 4.25. The molecule has 0 bridgehead atoms. The zero-order valence-electron chi connectivity index (χ0n) is 11.5. The van der Waals surface area contributed by atoms with Crippen molar-refractivity contribution in [1.29, 1.82) is 0 Å². The summed E-state index contributed by atoms with van der Waals surface area (Å²) in [6.45, 7) is 2.81. The number of sulfonamides is 1. The summed E-state index contributed by atoms with van der Waals surface area (Å²) in [6, 6.07) is 3.24. The van der Waals surface area contributed by atoms with Crippen LogP contribution in [0.3, 0.4) is 0 Å². The standard InChI is InChI=1S/C13H16BrN3O3S/c1-2-4-15-13-12(6-11(14)8-16-13)21(18,19)17-7-10-3-5-20-9-10/h3,5-6,8-9,17H,2,4,7H2,1H3,(H,15,16). The summed E-state index contributed by atoms with van der Waals surface area (Å²) >= 11 is 3.25. The molecule has 0 amide bonds. The first-order valence-electron chi connectivity index (χ1n) is 6.43. The van der Waals surface area contributed by atoms with Gasteiger partial charge >= 0.3 is 0 Å². The summed E-state index contributed by atoms with van der Waals surface area (Å²) in [7, 11) is -3.67. The minimum atomic E-state index is -3.67. The summed E-state index contributed by atoms with van der Waals surface area (Å²) in [6.07, 6.45) is 5.43. The second-order valence-corrected chi connectivity index (χ2v) is 7.03. The molecule has 2 N–H and O–H groups in total. The molecule has 0 spiro atoms. The third kappa shape index (κ3) is 4.29. The second-order valence-electron chi connectivity index (χ2n) is 4.38. The molecule has 114 valence electrons. The molecule has 0 aliphatic rings. The van der Waals surface area contributed by atoms with E-state index in [-0.39, 0.29) is 11.4 Å². The fourth-order valence-electron chi connectivity index (χ4n) is 1.65. The fourth-order valence-corrected chi connectivity index (χ4v) is 3.31. The summed E-state index contributed by atoms with van der Waals surface area (Å²) in [5.41, 5.74) is 0.754. The van der Waals surface area contributed by atoms with Crippen LogP contribution in [0.15, 0.2) is 44.6 Å². The average Bonchev–Trinajstić information content (AvgIpc) is 2.97. The van der Waals surface area contributed by atoms with Crippen molar-refractivity contribution in [3.63, 3.8) is 0 Å². The van der Waals surface area contributed by atoms with Gasteiger partial charge in [-0.3, -0.25) is 0 Å². The van der Waals surface area contributed by atoms with Gasteiger partial charge in [0.25, 0.3) is 0 Å². The van der Waals surface area contributed by atoms with Crippen molar-refractivity contribution < 1.29 is 12.8 Å². The minimum absolute atomic E-state index is 0.119. The predicted octanol–water partition coefficient (Wildman–Crippen LogP) is 2.74. The normalized spacial score (nSPS) is 11.5. The molecule has 0 unspecified atom stereocenters. The molecule has 2 aromatic rings. The number of rotatable bonds is 7. The maximum Gasteiger partial charge on any atom is 0.244 e. The Morgan fingerprint density at radius 1 is 1.43 bits per heavy atom. The number of nitrogens with zero attached hydrogens (tertiary/aromatic N) is 1. The van der Waals surface area contributed by atoms with Gasteiger partial charge in [-0.15, -0.1) is 0 Å². The molecule has 6 nitrogen and oxygen atoms in total. The maximum absolute atomic E-state index is 12.4. The number of anilines is 1. The van der Waals surface area contributed by atoms with E-state index >= 15 is 0 Å². The number of hydrogen-bond donors (Lipinski definition) is 2. The number of pyridine rings is 1. The molecule has 0 radical (unpaired) electrons. The Balaban J connectivity index is 2.23. The minimum Gasteiger partial charge on any atom is -0.472 e. The molecule has 0 fully saturated rings. The first-order valence-corrected chi connectivity index (χ1v) is 8.70. The van der Waals surface area contributed by atoms with Gasteiger partial charge in [-0.25, -0.2) is 18.1 Å².